The van der Waals surface area contributed by atoms with E-state index in [-0.39, 0.29) is 12.0 Å². The molecule has 0 atom stereocenters. The molecule has 0 aliphatic rings. The lowest BCUT2D eigenvalue weighted by Gasteiger charge is -2.12. The zero-order chi connectivity index (χ0) is 16.1. The molecule has 0 spiro atoms. The van der Waals surface area contributed by atoms with E-state index in [2.05, 4.69) is 11.9 Å². The van der Waals surface area contributed by atoms with Gasteiger partial charge in [0.05, 0.1) is 17.5 Å². The molecule has 0 saturated carbocycles. The van der Waals surface area contributed by atoms with E-state index in [0.717, 1.165) is 17.7 Å². The minimum Gasteiger partial charge on any atom is -0.461 e. The molecule has 118 valence electrons. The smallest absolute Gasteiger partial charge is 0.355 e. The van der Waals surface area contributed by atoms with Crippen LogP contribution in [0.1, 0.15) is 42.7 Å². The Morgan fingerprint density at radius 3 is 2.73 bits per heavy atom. The molecule has 0 bridgehead atoms. The summed E-state index contributed by atoms with van der Waals surface area (Å²) in [6, 6.07) is 5.63. The number of ether oxygens (including phenoxy) is 1. The van der Waals surface area contributed by atoms with E-state index in [1.54, 1.807) is 6.92 Å². The maximum Gasteiger partial charge on any atom is 0.355 e. The number of H-pyrrole nitrogens is 1. The molecule has 0 amide bonds. The Hall–Kier alpha value is -1.75. The number of carbonyl (C=O) groups excluding carboxylic acids is 1. The van der Waals surface area contributed by atoms with Gasteiger partial charge in [-0.05, 0) is 38.2 Å². The van der Waals surface area contributed by atoms with Gasteiger partial charge in [0, 0.05) is 10.5 Å². The quantitative estimate of drug-likeness (QED) is 0.650. The van der Waals surface area contributed by atoms with Gasteiger partial charge in [-0.25, -0.2) is 4.79 Å². The lowest BCUT2D eigenvalue weighted by Crippen LogP contribution is -2.20. The number of nitrogens with one attached hydrogen (secondary N) is 1. The third-order valence-electron chi connectivity index (χ3n) is 3.57. The normalized spacial score (nSPS) is 10.9. The fourth-order valence-electron chi connectivity index (χ4n) is 2.48. The van der Waals surface area contributed by atoms with Crippen LogP contribution in [0.25, 0.3) is 10.9 Å². The van der Waals surface area contributed by atoms with Crippen molar-refractivity contribution in [2.45, 2.75) is 38.0 Å². The number of hydrogen-bond acceptors (Lipinski definition) is 4. The first-order valence-electron chi connectivity index (χ1n) is 7.53. The minimum atomic E-state index is -0.456. The number of hydrogen-bond donors (Lipinski definition) is 1. The van der Waals surface area contributed by atoms with Crippen molar-refractivity contribution in [2.75, 3.05) is 12.9 Å². The summed E-state index contributed by atoms with van der Waals surface area (Å²) in [6.45, 7) is 4.11. The zero-order valence-corrected chi connectivity index (χ0v) is 14.0. The predicted octanol–water partition coefficient (Wildman–Crippen LogP) is 3.77. The van der Waals surface area contributed by atoms with E-state index < -0.39 is 5.97 Å². The van der Waals surface area contributed by atoms with Crippen LogP contribution >= 0.6 is 11.8 Å². The lowest BCUT2D eigenvalue weighted by atomic mass is 10.0. The van der Waals surface area contributed by atoms with Crippen LogP contribution in [0.5, 0.6) is 0 Å². The maximum absolute atomic E-state index is 12.9. The Morgan fingerprint density at radius 2 is 2.09 bits per heavy atom. The summed E-state index contributed by atoms with van der Waals surface area (Å²) in [5.74, 6) is -0.456. The van der Waals surface area contributed by atoms with Crippen molar-refractivity contribution < 1.29 is 9.53 Å². The Labute approximate surface area is 134 Å². The van der Waals surface area contributed by atoms with Gasteiger partial charge >= 0.3 is 5.97 Å². The van der Waals surface area contributed by atoms with Gasteiger partial charge in [-0.3, -0.25) is 4.79 Å². The fraction of sp³-hybridized carbons (Fsp3) is 0.412. The topological polar surface area (TPSA) is 59.2 Å². The molecule has 22 heavy (non-hydrogen) atoms. The molecule has 1 N–H and O–H groups in total. The van der Waals surface area contributed by atoms with Crippen LogP contribution in [0.3, 0.4) is 0 Å². The van der Waals surface area contributed by atoms with Gasteiger partial charge in [-0.15, -0.1) is 11.8 Å². The zero-order valence-electron chi connectivity index (χ0n) is 13.2. The van der Waals surface area contributed by atoms with Gasteiger partial charge in [-0.2, -0.15) is 0 Å². The van der Waals surface area contributed by atoms with Gasteiger partial charge in [0.25, 0.3) is 0 Å². The lowest BCUT2D eigenvalue weighted by molar-refractivity contribution is 0.0518. The largest absolute Gasteiger partial charge is 0.461 e. The highest BCUT2D eigenvalue weighted by molar-refractivity contribution is 7.98. The van der Waals surface area contributed by atoms with Crippen molar-refractivity contribution in [1.29, 1.82) is 0 Å². The molecule has 0 fully saturated rings. The average molecular weight is 319 g/mol. The van der Waals surface area contributed by atoms with Crippen molar-refractivity contribution in [3.8, 4) is 0 Å². The molecule has 0 aliphatic carbocycles. The highest BCUT2D eigenvalue weighted by Gasteiger charge is 2.19. The molecular formula is C17H21NO3S. The molecule has 2 rings (SSSR count). The SMILES string of the molecule is CCCCc1c(C(=O)OCC)[nH]c2cccc(SC)c2c1=O. The number of aromatic amines is 1. The Morgan fingerprint density at radius 1 is 1.32 bits per heavy atom. The van der Waals surface area contributed by atoms with Crippen LogP contribution in [0, 0.1) is 0 Å². The summed E-state index contributed by atoms with van der Waals surface area (Å²) >= 11 is 1.53. The van der Waals surface area contributed by atoms with Crippen molar-refractivity contribution >= 4 is 28.6 Å². The van der Waals surface area contributed by atoms with E-state index in [0.29, 0.717) is 28.6 Å². The number of carbonyl (C=O) groups is 1. The number of rotatable bonds is 6. The third-order valence-corrected chi connectivity index (χ3v) is 4.35. The number of pyridine rings is 1. The first kappa shape index (κ1) is 16.6. The second-order valence-corrected chi connectivity index (χ2v) is 5.86. The van der Waals surface area contributed by atoms with Crippen LogP contribution in [0.4, 0.5) is 0 Å². The number of aromatic nitrogens is 1. The number of esters is 1. The molecule has 1 aromatic carbocycles. The summed E-state index contributed by atoms with van der Waals surface area (Å²) in [5.41, 5.74) is 1.45. The summed E-state index contributed by atoms with van der Waals surface area (Å²) in [5, 5.41) is 0.661. The number of fused-ring (bicyclic) bond motifs is 1. The van der Waals surface area contributed by atoms with Gasteiger partial charge in [-0.1, -0.05) is 19.4 Å². The standard InChI is InChI=1S/C17H21NO3S/c1-4-6-8-11-15(17(20)21-5-2)18-12-9-7-10-13(22-3)14(12)16(11)19/h7,9-10H,4-6,8H2,1-3H3,(H,18,19). The van der Waals surface area contributed by atoms with Crippen molar-refractivity contribution in [1.82, 2.24) is 4.98 Å². The number of unbranched alkanes of at least 4 members (excludes halogenated alkanes) is 1. The van der Waals surface area contributed by atoms with E-state index in [4.69, 9.17) is 4.74 Å². The molecule has 5 heteroatoms. The number of thioether (sulfide) groups is 1. The van der Waals surface area contributed by atoms with Crippen LogP contribution in [-0.2, 0) is 11.2 Å². The Balaban J connectivity index is 2.72. The maximum atomic E-state index is 12.9. The first-order chi connectivity index (χ1) is 10.6. The van der Waals surface area contributed by atoms with E-state index >= 15 is 0 Å². The van der Waals surface area contributed by atoms with Crippen LogP contribution in [0.15, 0.2) is 27.9 Å². The fourth-order valence-corrected chi connectivity index (χ4v) is 3.11. The molecule has 4 nitrogen and oxygen atoms in total. The summed E-state index contributed by atoms with van der Waals surface area (Å²) < 4.78 is 5.09. The second-order valence-electron chi connectivity index (χ2n) is 5.01. The third kappa shape index (κ3) is 3.19. The Bertz CT molecular complexity index is 736. The molecule has 0 radical (unpaired) electrons. The molecule has 2 aromatic rings. The van der Waals surface area contributed by atoms with Crippen molar-refractivity contribution in [3.05, 3.63) is 39.7 Å². The second kappa shape index (κ2) is 7.49. The van der Waals surface area contributed by atoms with Crippen molar-refractivity contribution in [3.63, 3.8) is 0 Å². The predicted molar refractivity (Wildman–Crippen MR) is 90.9 cm³/mol. The molecule has 0 aliphatic heterocycles. The van der Waals surface area contributed by atoms with E-state index in [9.17, 15) is 9.59 Å². The summed E-state index contributed by atoms with van der Waals surface area (Å²) in [7, 11) is 0. The van der Waals surface area contributed by atoms with Crippen molar-refractivity contribution in [2.24, 2.45) is 0 Å². The highest BCUT2D eigenvalue weighted by Crippen LogP contribution is 2.24. The Kier molecular flexibility index (Phi) is 5.66. The molecule has 0 saturated heterocycles. The first-order valence-corrected chi connectivity index (χ1v) is 8.75. The van der Waals surface area contributed by atoms with E-state index in [1.165, 1.54) is 11.8 Å². The summed E-state index contributed by atoms with van der Waals surface area (Å²) in [6.07, 6.45) is 4.35. The highest BCUT2D eigenvalue weighted by atomic mass is 32.2. The van der Waals surface area contributed by atoms with Gasteiger partial charge in [0.2, 0.25) is 0 Å². The molecule has 1 heterocycles. The van der Waals surface area contributed by atoms with Gasteiger partial charge < -0.3 is 9.72 Å². The number of benzene rings is 1. The monoisotopic (exact) mass is 319 g/mol. The minimum absolute atomic E-state index is 0.0600. The van der Waals surface area contributed by atoms with Crippen LogP contribution in [-0.4, -0.2) is 23.8 Å². The van der Waals surface area contributed by atoms with Crippen LogP contribution < -0.4 is 5.43 Å². The molecule has 1 aromatic heterocycles. The summed E-state index contributed by atoms with van der Waals surface area (Å²) in [4.78, 5) is 29.1. The van der Waals surface area contributed by atoms with Crippen LogP contribution in [0.2, 0.25) is 0 Å². The average Bonchev–Trinajstić information content (AvgIpc) is 2.53. The van der Waals surface area contributed by atoms with E-state index in [1.807, 2.05) is 24.5 Å². The molecular weight excluding hydrogens is 298 g/mol. The molecule has 0 unspecified atom stereocenters. The van der Waals surface area contributed by atoms with Gasteiger partial charge in [0.1, 0.15) is 5.69 Å². The van der Waals surface area contributed by atoms with Gasteiger partial charge in [0.15, 0.2) is 5.43 Å².